The van der Waals surface area contributed by atoms with Gasteiger partial charge in [0.25, 0.3) is 5.91 Å². The number of carbonyl (C=O) groups excluding carboxylic acids is 3. The van der Waals surface area contributed by atoms with Crippen LogP contribution in [0.25, 0.3) is 0 Å². The summed E-state index contributed by atoms with van der Waals surface area (Å²) in [6, 6.07) is 11.5. The molecule has 0 unspecified atom stereocenters. The van der Waals surface area contributed by atoms with E-state index in [0.717, 1.165) is 0 Å². The lowest BCUT2D eigenvalue weighted by atomic mass is 10.1. The molecule has 0 fully saturated rings. The maximum atomic E-state index is 12.8. The van der Waals surface area contributed by atoms with E-state index in [-0.39, 0.29) is 5.78 Å². The van der Waals surface area contributed by atoms with Gasteiger partial charge in [-0.15, -0.1) is 0 Å². The fourth-order valence-corrected chi connectivity index (χ4v) is 2.00. The van der Waals surface area contributed by atoms with E-state index in [1.54, 1.807) is 24.3 Å². The van der Waals surface area contributed by atoms with Gasteiger partial charge in [0, 0.05) is 11.3 Å². The molecule has 0 spiro atoms. The quantitative estimate of drug-likeness (QED) is 0.607. The van der Waals surface area contributed by atoms with Gasteiger partial charge in [-0.1, -0.05) is 0 Å². The van der Waals surface area contributed by atoms with Gasteiger partial charge in [0.15, 0.2) is 18.5 Å². The Hall–Kier alpha value is -3.22. The lowest BCUT2D eigenvalue weighted by molar-refractivity contribution is -0.153. The molecule has 1 atom stereocenters. The number of esters is 1. The molecule has 0 saturated carbocycles. The molecule has 0 saturated heterocycles. The molecular weight excluding hydrogens is 341 g/mol. The van der Waals surface area contributed by atoms with Crippen molar-refractivity contribution >= 4 is 23.3 Å². The van der Waals surface area contributed by atoms with Gasteiger partial charge in [0.2, 0.25) is 0 Å². The number of carbonyl (C=O) groups is 3. The summed E-state index contributed by atoms with van der Waals surface area (Å²) in [6.07, 6.45) is -0.955. The van der Waals surface area contributed by atoms with Crippen molar-refractivity contribution < 1.29 is 28.2 Å². The van der Waals surface area contributed by atoms with E-state index in [0.29, 0.717) is 17.0 Å². The van der Waals surface area contributed by atoms with Crippen LogP contribution in [0.3, 0.4) is 0 Å². The third kappa shape index (κ3) is 5.70. The van der Waals surface area contributed by atoms with E-state index in [2.05, 4.69) is 5.32 Å². The molecule has 136 valence electrons. The summed E-state index contributed by atoms with van der Waals surface area (Å²) < 4.78 is 23.0. The van der Waals surface area contributed by atoms with Gasteiger partial charge in [-0.3, -0.25) is 9.59 Å². The minimum absolute atomic E-state index is 0.0769. The van der Waals surface area contributed by atoms with Crippen LogP contribution < -0.4 is 10.1 Å². The highest BCUT2D eigenvalue weighted by molar-refractivity contribution is 5.96. The zero-order valence-electron chi connectivity index (χ0n) is 14.3. The van der Waals surface area contributed by atoms with Crippen molar-refractivity contribution in [3.63, 3.8) is 0 Å². The second-order valence-corrected chi connectivity index (χ2v) is 5.50. The van der Waals surface area contributed by atoms with Crippen molar-refractivity contribution in [1.82, 2.24) is 0 Å². The zero-order chi connectivity index (χ0) is 19.1. The predicted octanol–water partition coefficient (Wildman–Crippen LogP) is 2.98. The third-order valence-corrected chi connectivity index (χ3v) is 3.38. The van der Waals surface area contributed by atoms with E-state index < -0.39 is 30.4 Å². The fraction of sp³-hybridized carbons (Fsp3) is 0.211. The number of ketones is 1. The van der Waals surface area contributed by atoms with Gasteiger partial charge in [-0.05, 0) is 62.4 Å². The summed E-state index contributed by atoms with van der Waals surface area (Å²) in [6.45, 7) is 2.43. The summed E-state index contributed by atoms with van der Waals surface area (Å²) >= 11 is 0. The summed E-state index contributed by atoms with van der Waals surface area (Å²) in [5.41, 5.74) is 1.01. The minimum Gasteiger partial charge on any atom is -0.479 e. The molecular formula is C19H18FNO5. The van der Waals surface area contributed by atoms with Crippen molar-refractivity contribution in [1.29, 1.82) is 0 Å². The Labute approximate surface area is 149 Å². The van der Waals surface area contributed by atoms with E-state index in [9.17, 15) is 18.8 Å². The number of ether oxygens (including phenoxy) is 2. The SMILES string of the molecule is CC(=O)c1ccc(NC(=O)COC(=O)[C@H](C)Oc2ccc(F)cc2)cc1. The average molecular weight is 359 g/mol. The normalized spacial score (nSPS) is 11.3. The van der Waals surface area contributed by atoms with Crippen molar-refractivity contribution in [2.24, 2.45) is 0 Å². The van der Waals surface area contributed by atoms with Crippen LogP contribution in [-0.2, 0) is 14.3 Å². The average Bonchev–Trinajstić information content (AvgIpc) is 2.62. The molecule has 0 heterocycles. The first kappa shape index (κ1) is 19.1. The monoisotopic (exact) mass is 359 g/mol. The topological polar surface area (TPSA) is 81.7 Å². The first-order chi connectivity index (χ1) is 12.3. The van der Waals surface area contributed by atoms with Gasteiger partial charge >= 0.3 is 5.97 Å². The van der Waals surface area contributed by atoms with Gasteiger partial charge in [0.05, 0.1) is 0 Å². The second kappa shape index (κ2) is 8.75. The molecule has 1 amide bonds. The molecule has 0 aliphatic heterocycles. The van der Waals surface area contributed by atoms with Crippen LogP contribution >= 0.6 is 0 Å². The van der Waals surface area contributed by atoms with Crippen LogP contribution in [0.2, 0.25) is 0 Å². The van der Waals surface area contributed by atoms with Crippen molar-refractivity contribution in [2.45, 2.75) is 20.0 Å². The van der Waals surface area contributed by atoms with E-state index in [1.165, 1.54) is 38.1 Å². The molecule has 2 rings (SSSR count). The summed E-state index contributed by atoms with van der Waals surface area (Å²) in [4.78, 5) is 34.9. The molecule has 0 bridgehead atoms. The molecule has 0 aliphatic carbocycles. The molecule has 26 heavy (non-hydrogen) atoms. The number of Topliss-reactive ketones (excluding diaryl/α,β-unsaturated/α-hetero) is 1. The van der Waals surface area contributed by atoms with Crippen LogP contribution in [0.4, 0.5) is 10.1 Å². The number of nitrogens with one attached hydrogen (secondary N) is 1. The number of hydrogen-bond donors (Lipinski definition) is 1. The van der Waals surface area contributed by atoms with E-state index >= 15 is 0 Å². The molecule has 0 aliphatic rings. The first-order valence-electron chi connectivity index (χ1n) is 7.85. The largest absolute Gasteiger partial charge is 0.479 e. The highest BCUT2D eigenvalue weighted by Crippen LogP contribution is 2.14. The van der Waals surface area contributed by atoms with E-state index in [1.807, 2.05) is 0 Å². The molecule has 2 aromatic rings. The summed E-state index contributed by atoms with van der Waals surface area (Å²) in [5, 5.41) is 2.55. The van der Waals surface area contributed by atoms with Crippen molar-refractivity contribution in [3.8, 4) is 5.75 Å². The number of hydrogen-bond acceptors (Lipinski definition) is 5. The first-order valence-corrected chi connectivity index (χ1v) is 7.85. The van der Waals surface area contributed by atoms with Crippen molar-refractivity contribution in [3.05, 3.63) is 59.9 Å². The Balaban J connectivity index is 1.79. The standard InChI is InChI=1S/C19H18FNO5/c1-12(22)14-3-7-16(8-4-14)21-18(23)11-25-19(24)13(2)26-17-9-5-15(20)6-10-17/h3-10,13H,11H2,1-2H3,(H,21,23)/t13-/m0/s1. The van der Waals surface area contributed by atoms with Crippen LogP contribution in [0.1, 0.15) is 24.2 Å². The zero-order valence-corrected chi connectivity index (χ0v) is 14.3. The van der Waals surface area contributed by atoms with Crippen LogP contribution in [0, 0.1) is 5.82 Å². The maximum Gasteiger partial charge on any atom is 0.347 e. The molecule has 0 radical (unpaired) electrons. The summed E-state index contributed by atoms with van der Waals surface area (Å²) in [7, 11) is 0. The smallest absolute Gasteiger partial charge is 0.347 e. The summed E-state index contributed by atoms with van der Waals surface area (Å²) in [5.74, 6) is -1.43. The maximum absolute atomic E-state index is 12.8. The number of amides is 1. The van der Waals surface area contributed by atoms with Gasteiger partial charge in [0.1, 0.15) is 11.6 Å². The number of benzene rings is 2. The van der Waals surface area contributed by atoms with Crippen molar-refractivity contribution in [2.75, 3.05) is 11.9 Å². The Bertz CT molecular complexity index is 787. The lowest BCUT2D eigenvalue weighted by Crippen LogP contribution is -2.29. The molecule has 6 nitrogen and oxygen atoms in total. The highest BCUT2D eigenvalue weighted by Gasteiger charge is 2.18. The Morgan fingerprint density at radius 2 is 1.65 bits per heavy atom. The Morgan fingerprint density at radius 1 is 1.04 bits per heavy atom. The van der Waals surface area contributed by atoms with E-state index in [4.69, 9.17) is 9.47 Å². The number of anilines is 1. The minimum atomic E-state index is -0.955. The van der Waals surface area contributed by atoms with Crippen LogP contribution in [-0.4, -0.2) is 30.4 Å². The molecule has 1 N–H and O–H groups in total. The number of rotatable bonds is 7. The number of halogens is 1. The van der Waals surface area contributed by atoms with Gasteiger partial charge in [-0.2, -0.15) is 0 Å². The van der Waals surface area contributed by atoms with Gasteiger partial charge < -0.3 is 14.8 Å². The van der Waals surface area contributed by atoms with Gasteiger partial charge in [-0.25, -0.2) is 9.18 Å². The predicted molar refractivity (Wildman–Crippen MR) is 92.5 cm³/mol. The molecule has 2 aromatic carbocycles. The fourth-order valence-electron chi connectivity index (χ4n) is 2.00. The molecule has 0 aromatic heterocycles. The molecule has 7 heteroatoms. The second-order valence-electron chi connectivity index (χ2n) is 5.50. The lowest BCUT2D eigenvalue weighted by Gasteiger charge is -2.14. The highest BCUT2D eigenvalue weighted by atomic mass is 19.1. The third-order valence-electron chi connectivity index (χ3n) is 3.38. The Morgan fingerprint density at radius 3 is 2.23 bits per heavy atom. The van der Waals surface area contributed by atoms with Crippen LogP contribution in [0.5, 0.6) is 5.75 Å². The van der Waals surface area contributed by atoms with Crippen LogP contribution in [0.15, 0.2) is 48.5 Å². The Kier molecular flexibility index (Phi) is 6.43.